The fourth-order valence-corrected chi connectivity index (χ4v) is 3.78. The molecule has 0 aliphatic carbocycles. The molecule has 1 amide bonds. The van der Waals surface area contributed by atoms with Gasteiger partial charge in [-0.1, -0.05) is 18.2 Å². The van der Waals surface area contributed by atoms with Crippen LogP contribution in [0.2, 0.25) is 0 Å². The normalized spacial score (nSPS) is 19.6. The minimum Gasteiger partial charge on any atom is -0.348 e. The molecule has 0 saturated carbocycles. The zero-order chi connectivity index (χ0) is 20.6. The maximum absolute atomic E-state index is 13.1. The summed E-state index contributed by atoms with van der Waals surface area (Å²) >= 11 is 0. The van der Waals surface area contributed by atoms with Crippen molar-refractivity contribution in [3.05, 3.63) is 54.1 Å². The molecule has 6 nitrogen and oxygen atoms in total. The smallest absolute Gasteiger partial charge is 0.287 e. The van der Waals surface area contributed by atoms with E-state index in [1.807, 2.05) is 32.0 Å². The molecule has 1 saturated heterocycles. The Kier molecular flexibility index (Phi) is 5.10. The molecule has 2 atom stereocenters. The SMILES string of the molecule is CC(C)(N)C1CN[C@H](CNC(=O)c2nc3ccc(-c4ccc(F)cc4)cc3[nH]2)C1. The highest BCUT2D eigenvalue weighted by atomic mass is 19.1. The molecule has 2 heterocycles. The van der Waals surface area contributed by atoms with E-state index in [0.29, 0.717) is 18.0 Å². The number of imidazole rings is 1. The van der Waals surface area contributed by atoms with Crippen molar-refractivity contribution >= 4 is 16.9 Å². The van der Waals surface area contributed by atoms with Gasteiger partial charge in [-0.2, -0.15) is 0 Å². The summed E-state index contributed by atoms with van der Waals surface area (Å²) in [6.07, 6.45) is 0.935. The van der Waals surface area contributed by atoms with E-state index in [9.17, 15) is 9.18 Å². The number of fused-ring (bicyclic) bond motifs is 1. The van der Waals surface area contributed by atoms with Crippen LogP contribution in [-0.4, -0.2) is 40.5 Å². The second-order valence-electron chi connectivity index (χ2n) is 8.39. The van der Waals surface area contributed by atoms with Crippen LogP contribution >= 0.6 is 0 Å². The largest absolute Gasteiger partial charge is 0.348 e. The van der Waals surface area contributed by atoms with Gasteiger partial charge in [-0.25, -0.2) is 9.37 Å². The summed E-state index contributed by atoms with van der Waals surface area (Å²) in [7, 11) is 0. The highest BCUT2D eigenvalue weighted by Crippen LogP contribution is 2.25. The molecular weight excluding hydrogens is 369 g/mol. The molecule has 152 valence electrons. The lowest BCUT2D eigenvalue weighted by molar-refractivity contribution is 0.0941. The number of nitrogens with zero attached hydrogens (tertiary/aromatic N) is 1. The molecule has 7 heteroatoms. The summed E-state index contributed by atoms with van der Waals surface area (Å²) in [5.74, 6) is 0.167. The minimum absolute atomic E-state index is 0.209. The Balaban J connectivity index is 1.43. The molecule has 5 N–H and O–H groups in total. The number of carbonyl (C=O) groups is 1. The summed E-state index contributed by atoms with van der Waals surface area (Å²) in [5, 5.41) is 6.37. The fourth-order valence-electron chi connectivity index (χ4n) is 3.78. The molecule has 1 aromatic heterocycles. The van der Waals surface area contributed by atoms with E-state index in [-0.39, 0.29) is 29.1 Å². The number of halogens is 1. The van der Waals surface area contributed by atoms with E-state index >= 15 is 0 Å². The highest BCUT2D eigenvalue weighted by molar-refractivity contribution is 5.94. The number of hydrogen-bond donors (Lipinski definition) is 4. The second kappa shape index (κ2) is 7.57. The predicted octanol–water partition coefficient (Wildman–Crippen LogP) is 2.81. The Morgan fingerprint density at radius 2 is 1.97 bits per heavy atom. The third kappa shape index (κ3) is 4.31. The van der Waals surface area contributed by atoms with Crippen LogP contribution < -0.4 is 16.4 Å². The number of hydrogen-bond acceptors (Lipinski definition) is 4. The molecule has 0 radical (unpaired) electrons. The Morgan fingerprint density at radius 1 is 1.24 bits per heavy atom. The molecule has 29 heavy (non-hydrogen) atoms. The maximum atomic E-state index is 13.1. The monoisotopic (exact) mass is 395 g/mol. The fraction of sp³-hybridized carbons (Fsp3) is 0.364. The van der Waals surface area contributed by atoms with Crippen LogP contribution in [0.25, 0.3) is 22.2 Å². The molecule has 1 aliphatic rings. The maximum Gasteiger partial charge on any atom is 0.287 e. The molecule has 0 spiro atoms. The molecule has 1 aliphatic heterocycles. The third-order valence-corrected chi connectivity index (χ3v) is 5.66. The van der Waals surface area contributed by atoms with Gasteiger partial charge in [0.2, 0.25) is 0 Å². The van der Waals surface area contributed by atoms with Gasteiger partial charge in [0, 0.05) is 24.7 Å². The minimum atomic E-state index is -0.270. The lowest BCUT2D eigenvalue weighted by Crippen LogP contribution is -2.41. The zero-order valence-corrected chi connectivity index (χ0v) is 16.6. The number of aromatic amines is 1. The molecule has 1 fully saturated rings. The predicted molar refractivity (Wildman–Crippen MR) is 112 cm³/mol. The summed E-state index contributed by atoms with van der Waals surface area (Å²) in [5.41, 5.74) is 9.27. The van der Waals surface area contributed by atoms with E-state index in [0.717, 1.165) is 29.6 Å². The first-order valence-corrected chi connectivity index (χ1v) is 9.86. The number of H-pyrrole nitrogens is 1. The molecule has 0 bridgehead atoms. The molecule has 3 aromatic rings. The van der Waals surface area contributed by atoms with Gasteiger partial charge in [0.25, 0.3) is 5.91 Å². The first kappa shape index (κ1) is 19.5. The van der Waals surface area contributed by atoms with Crippen LogP contribution in [-0.2, 0) is 0 Å². The number of carbonyl (C=O) groups excluding carboxylic acids is 1. The van der Waals surface area contributed by atoms with Gasteiger partial charge in [-0.15, -0.1) is 0 Å². The lowest BCUT2D eigenvalue weighted by Gasteiger charge is -2.26. The average molecular weight is 395 g/mol. The van der Waals surface area contributed by atoms with E-state index < -0.39 is 0 Å². The van der Waals surface area contributed by atoms with Gasteiger partial charge in [0.05, 0.1) is 11.0 Å². The molecular formula is C22H26FN5O. The molecule has 4 rings (SSSR count). The number of amides is 1. The van der Waals surface area contributed by atoms with Gasteiger partial charge in [0.15, 0.2) is 5.82 Å². The quantitative estimate of drug-likeness (QED) is 0.534. The van der Waals surface area contributed by atoms with Crippen LogP contribution in [0.4, 0.5) is 4.39 Å². The van der Waals surface area contributed by atoms with Crippen molar-refractivity contribution in [1.29, 1.82) is 0 Å². The molecule has 2 aromatic carbocycles. The van der Waals surface area contributed by atoms with Crippen LogP contribution in [0.5, 0.6) is 0 Å². The van der Waals surface area contributed by atoms with E-state index in [1.54, 1.807) is 12.1 Å². The van der Waals surface area contributed by atoms with Gasteiger partial charge >= 0.3 is 0 Å². The Labute approximate surface area is 169 Å². The highest BCUT2D eigenvalue weighted by Gasteiger charge is 2.33. The topological polar surface area (TPSA) is 95.8 Å². The second-order valence-corrected chi connectivity index (χ2v) is 8.39. The van der Waals surface area contributed by atoms with Gasteiger partial charge in [-0.05, 0) is 61.6 Å². The number of benzene rings is 2. The molecule has 1 unspecified atom stereocenters. The van der Waals surface area contributed by atoms with Crippen molar-refractivity contribution in [2.45, 2.75) is 31.8 Å². The number of nitrogens with one attached hydrogen (secondary N) is 3. The van der Waals surface area contributed by atoms with Crippen LogP contribution in [0, 0.1) is 11.7 Å². The van der Waals surface area contributed by atoms with Crippen LogP contribution in [0.1, 0.15) is 30.9 Å². The van der Waals surface area contributed by atoms with Crippen LogP contribution in [0.3, 0.4) is 0 Å². The van der Waals surface area contributed by atoms with Crippen molar-refractivity contribution < 1.29 is 9.18 Å². The summed E-state index contributed by atoms with van der Waals surface area (Å²) < 4.78 is 13.1. The number of rotatable bonds is 5. The van der Waals surface area contributed by atoms with Gasteiger partial charge in [0.1, 0.15) is 5.82 Å². The van der Waals surface area contributed by atoms with Crippen LogP contribution in [0.15, 0.2) is 42.5 Å². The first-order valence-electron chi connectivity index (χ1n) is 9.86. The Morgan fingerprint density at radius 3 is 2.66 bits per heavy atom. The Bertz CT molecular complexity index is 1020. The van der Waals surface area contributed by atoms with Crippen molar-refractivity contribution in [2.24, 2.45) is 11.7 Å². The summed E-state index contributed by atoms with van der Waals surface area (Å²) in [6, 6.07) is 12.2. The average Bonchev–Trinajstić information content (AvgIpc) is 3.33. The third-order valence-electron chi connectivity index (χ3n) is 5.66. The summed E-state index contributed by atoms with van der Waals surface area (Å²) in [4.78, 5) is 20.0. The van der Waals surface area contributed by atoms with Gasteiger partial charge in [-0.3, -0.25) is 4.79 Å². The van der Waals surface area contributed by atoms with Crippen molar-refractivity contribution in [3.63, 3.8) is 0 Å². The van der Waals surface area contributed by atoms with Crippen molar-refractivity contribution in [3.8, 4) is 11.1 Å². The Hall–Kier alpha value is -2.77. The van der Waals surface area contributed by atoms with Crippen molar-refractivity contribution in [1.82, 2.24) is 20.6 Å². The first-order chi connectivity index (χ1) is 13.8. The zero-order valence-electron chi connectivity index (χ0n) is 16.6. The van der Waals surface area contributed by atoms with Crippen molar-refractivity contribution in [2.75, 3.05) is 13.1 Å². The van der Waals surface area contributed by atoms with E-state index in [1.165, 1.54) is 12.1 Å². The number of nitrogens with two attached hydrogens (primary N) is 1. The van der Waals surface area contributed by atoms with E-state index in [4.69, 9.17) is 5.73 Å². The van der Waals surface area contributed by atoms with E-state index in [2.05, 4.69) is 20.6 Å². The van der Waals surface area contributed by atoms with Gasteiger partial charge < -0.3 is 21.4 Å². The standard InChI is InChI=1S/C22H26FN5O/c1-22(2,24)15-10-17(25-11-15)12-26-21(29)20-27-18-8-5-14(9-19(18)28-20)13-3-6-16(23)7-4-13/h3-9,15,17,25H,10-12,24H2,1-2H3,(H,26,29)(H,27,28)/t15?,17-/m0/s1. The summed E-state index contributed by atoms with van der Waals surface area (Å²) in [6.45, 7) is 5.47. The number of aromatic nitrogens is 2. The lowest BCUT2D eigenvalue weighted by atomic mass is 9.86.